The summed E-state index contributed by atoms with van der Waals surface area (Å²) in [6.07, 6.45) is 0.914. The molecule has 0 fully saturated rings. The Kier molecular flexibility index (Phi) is 3.69. The van der Waals surface area contributed by atoms with Crippen LogP contribution in [0.15, 0.2) is 30.3 Å². The number of carbonyl (C=O) groups is 1. The van der Waals surface area contributed by atoms with Crippen molar-refractivity contribution >= 4 is 5.91 Å². The van der Waals surface area contributed by atoms with E-state index in [4.69, 9.17) is 0 Å². The Bertz CT molecular complexity index is 294. The summed E-state index contributed by atoms with van der Waals surface area (Å²) < 4.78 is 0. The van der Waals surface area contributed by atoms with Crippen LogP contribution in [0, 0.1) is 0 Å². The highest BCUT2D eigenvalue weighted by atomic mass is 16.2. The maximum Gasteiger partial charge on any atom is 0.219 e. The molecule has 76 valence electrons. The fourth-order valence-electron chi connectivity index (χ4n) is 1.40. The molecule has 0 spiro atoms. The van der Waals surface area contributed by atoms with Gasteiger partial charge >= 0.3 is 0 Å². The molecule has 1 unspecified atom stereocenters. The van der Waals surface area contributed by atoms with E-state index < -0.39 is 0 Å². The van der Waals surface area contributed by atoms with Crippen molar-refractivity contribution in [3.63, 3.8) is 0 Å². The van der Waals surface area contributed by atoms with Crippen molar-refractivity contribution < 1.29 is 4.79 Å². The Labute approximate surface area is 85.5 Å². The van der Waals surface area contributed by atoms with Crippen molar-refractivity contribution in [2.75, 3.05) is 7.05 Å². The average Bonchev–Trinajstić information content (AvgIpc) is 2.18. The lowest BCUT2D eigenvalue weighted by molar-refractivity contribution is -0.129. The summed E-state index contributed by atoms with van der Waals surface area (Å²) in [6.45, 7) is 3.66. The molecule has 0 N–H and O–H groups in total. The summed E-state index contributed by atoms with van der Waals surface area (Å²) in [7, 11) is 1.84. The molecule has 0 aliphatic heterocycles. The second-order valence-electron chi connectivity index (χ2n) is 3.67. The minimum Gasteiger partial charge on any atom is -0.343 e. The molecule has 0 aliphatic carbocycles. The summed E-state index contributed by atoms with van der Waals surface area (Å²) in [6, 6.07) is 10.5. The highest BCUT2D eigenvalue weighted by Gasteiger charge is 2.11. The van der Waals surface area contributed by atoms with Crippen molar-refractivity contribution in [1.29, 1.82) is 0 Å². The van der Waals surface area contributed by atoms with Gasteiger partial charge in [0.05, 0.1) is 0 Å². The van der Waals surface area contributed by atoms with Crippen LogP contribution >= 0.6 is 0 Å². The Morgan fingerprint density at radius 3 is 2.43 bits per heavy atom. The first-order chi connectivity index (χ1) is 6.61. The van der Waals surface area contributed by atoms with Gasteiger partial charge in [-0.2, -0.15) is 0 Å². The van der Waals surface area contributed by atoms with Crippen LogP contribution in [0.2, 0.25) is 0 Å². The third-order valence-corrected chi connectivity index (χ3v) is 2.53. The normalized spacial score (nSPS) is 12.2. The zero-order valence-electron chi connectivity index (χ0n) is 9.03. The van der Waals surface area contributed by atoms with Gasteiger partial charge < -0.3 is 4.90 Å². The van der Waals surface area contributed by atoms with E-state index in [1.54, 1.807) is 11.8 Å². The van der Waals surface area contributed by atoms with Gasteiger partial charge in [0.1, 0.15) is 0 Å². The smallest absolute Gasteiger partial charge is 0.219 e. The molecule has 1 amide bonds. The SMILES string of the molecule is CC(=O)N(C)C(C)Cc1ccccc1. The summed E-state index contributed by atoms with van der Waals surface area (Å²) in [5.41, 5.74) is 1.27. The molecule has 1 aromatic carbocycles. The molecule has 0 aliphatic rings. The van der Waals surface area contributed by atoms with Gasteiger partial charge in [0.25, 0.3) is 0 Å². The van der Waals surface area contributed by atoms with E-state index in [0.29, 0.717) is 0 Å². The van der Waals surface area contributed by atoms with Gasteiger partial charge in [0.15, 0.2) is 0 Å². The number of likely N-dealkylation sites (N-methyl/N-ethyl adjacent to an activating group) is 1. The maximum absolute atomic E-state index is 11.1. The molecule has 0 heterocycles. The number of hydrogen-bond donors (Lipinski definition) is 0. The average molecular weight is 191 g/mol. The van der Waals surface area contributed by atoms with Crippen LogP contribution in [0.4, 0.5) is 0 Å². The Morgan fingerprint density at radius 1 is 1.36 bits per heavy atom. The predicted octanol–water partition coefficient (Wildman–Crippen LogP) is 2.10. The molecule has 1 atom stereocenters. The standard InChI is InChI=1S/C12H17NO/c1-10(13(3)11(2)14)9-12-7-5-4-6-8-12/h4-8,10H,9H2,1-3H3. The van der Waals surface area contributed by atoms with Crippen molar-refractivity contribution in [1.82, 2.24) is 4.90 Å². The molecule has 0 bridgehead atoms. The molecule has 0 aromatic heterocycles. The van der Waals surface area contributed by atoms with E-state index in [2.05, 4.69) is 19.1 Å². The monoisotopic (exact) mass is 191 g/mol. The predicted molar refractivity (Wildman–Crippen MR) is 58.1 cm³/mol. The molecule has 2 heteroatoms. The zero-order chi connectivity index (χ0) is 10.6. The first kappa shape index (κ1) is 10.8. The summed E-state index contributed by atoms with van der Waals surface area (Å²) in [4.78, 5) is 12.9. The van der Waals surface area contributed by atoms with Gasteiger partial charge in [-0.25, -0.2) is 0 Å². The molecule has 1 aromatic rings. The number of hydrogen-bond acceptors (Lipinski definition) is 1. The summed E-state index contributed by atoms with van der Waals surface area (Å²) >= 11 is 0. The van der Waals surface area contributed by atoms with E-state index in [0.717, 1.165) is 6.42 Å². The Balaban J connectivity index is 2.57. The van der Waals surface area contributed by atoms with Crippen LogP contribution < -0.4 is 0 Å². The van der Waals surface area contributed by atoms with Crippen LogP contribution in [0.25, 0.3) is 0 Å². The van der Waals surface area contributed by atoms with Crippen molar-refractivity contribution in [3.05, 3.63) is 35.9 Å². The zero-order valence-corrected chi connectivity index (χ0v) is 9.03. The topological polar surface area (TPSA) is 20.3 Å². The van der Waals surface area contributed by atoms with E-state index in [-0.39, 0.29) is 11.9 Å². The molecule has 0 saturated carbocycles. The minimum absolute atomic E-state index is 0.119. The highest BCUT2D eigenvalue weighted by Crippen LogP contribution is 2.07. The van der Waals surface area contributed by atoms with Crippen LogP contribution in [0.3, 0.4) is 0 Å². The molecule has 2 nitrogen and oxygen atoms in total. The number of amides is 1. The summed E-state index contributed by atoms with van der Waals surface area (Å²) in [5.74, 6) is 0.119. The van der Waals surface area contributed by atoms with E-state index in [1.165, 1.54) is 5.56 Å². The fraction of sp³-hybridized carbons (Fsp3) is 0.417. The van der Waals surface area contributed by atoms with Crippen molar-refractivity contribution in [3.8, 4) is 0 Å². The van der Waals surface area contributed by atoms with E-state index >= 15 is 0 Å². The van der Waals surface area contributed by atoms with Crippen LogP contribution in [-0.2, 0) is 11.2 Å². The molecule has 14 heavy (non-hydrogen) atoms. The maximum atomic E-state index is 11.1. The number of carbonyl (C=O) groups excluding carboxylic acids is 1. The molecule has 1 rings (SSSR count). The lowest BCUT2D eigenvalue weighted by Gasteiger charge is -2.23. The Hall–Kier alpha value is -1.31. The molecular weight excluding hydrogens is 174 g/mol. The van der Waals surface area contributed by atoms with E-state index in [9.17, 15) is 4.79 Å². The van der Waals surface area contributed by atoms with Crippen LogP contribution in [0.1, 0.15) is 19.4 Å². The highest BCUT2D eigenvalue weighted by molar-refractivity contribution is 5.73. The lowest BCUT2D eigenvalue weighted by Crippen LogP contribution is -2.34. The molecule has 0 saturated heterocycles. The largest absolute Gasteiger partial charge is 0.343 e. The van der Waals surface area contributed by atoms with Gasteiger partial charge in [-0.05, 0) is 18.9 Å². The first-order valence-electron chi connectivity index (χ1n) is 4.88. The number of nitrogens with zero attached hydrogens (tertiary/aromatic N) is 1. The number of benzene rings is 1. The van der Waals surface area contributed by atoms with Gasteiger partial charge in [-0.15, -0.1) is 0 Å². The second kappa shape index (κ2) is 4.80. The molecular formula is C12H17NO. The second-order valence-corrected chi connectivity index (χ2v) is 3.67. The van der Waals surface area contributed by atoms with Crippen LogP contribution in [0.5, 0.6) is 0 Å². The van der Waals surface area contributed by atoms with Gasteiger partial charge in [0, 0.05) is 20.0 Å². The minimum atomic E-state index is 0.119. The summed E-state index contributed by atoms with van der Waals surface area (Å²) in [5, 5.41) is 0. The lowest BCUT2D eigenvalue weighted by atomic mass is 10.1. The van der Waals surface area contributed by atoms with Crippen molar-refractivity contribution in [2.45, 2.75) is 26.3 Å². The molecule has 0 radical (unpaired) electrons. The van der Waals surface area contributed by atoms with E-state index in [1.807, 2.05) is 25.2 Å². The van der Waals surface area contributed by atoms with Gasteiger partial charge in [-0.1, -0.05) is 30.3 Å². The fourth-order valence-corrected chi connectivity index (χ4v) is 1.40. The number of rotatable bonds is 3. The van der Waals surface area contributed by atoms with Gasteiger partial charge in [-0.3, -0.25) is 4.79 Å². The third-order valence-electron chi connectivity index (χ3n) is 2.53. The third kappa shape index (κ3) is 2.87. The van der Waals surface area contributed by atoms with Crippen molar-refractivity contribution in [2.24, 2.45) is 0 Å². The van der Waals surface area contributed by atoms with Gasteiger partial charge in [0.2, 0.25) is 5.91 Å². The Morgan fingerprint density at radius 2 is 1.93 bits per heavy atom. The van der Waals surface area contributed by atoms with Crippen LogP contribution in [-0.4, -0.2) is 23.9 Å². The quantitative estimate of drug-likeness (QED) is 0.716. The first-order valence-corrected chi connectivity index (χ1v) is 4.88.